The predicted octanol–water partition coefficient (Wildman–Crippen LogP) is 2.72. The van der Waals surface area contributed by atoms with Gasteiger partial charge in [0, 0.05) is 25.1 Å². The number of pyridine rings is 2. The summed E-state index contributed by atoms with van der Waals surface area (Å²) in [6.45, 7) is 1.28. The number of ether oxygens (including phenoxy) is 1. The van der Waals surface area contributed by atoms with Gasteiger partial charge in [-0.25, -0.2) is 4.90 Å². The van der Waals surface area contributed by atoms with Crippen LogP contribution in [0.15, 0.2) is 54.0 Å². The van der Waals surface area contributed by atoms with Gasteiger partial charge in [-0.05, 0) is 43.5 Å². The maximum absolute atomic E-state index is 9.22. The van der Waals surface area contributed by atoms with E-state index in [1.165, 1.54) is 4.90 Å². The van der Waals surface area contributed by atoms with Crippen LogP contribution < -0.4 is 15.4 Å². The molecule has 0 radical (unpaired) electrons. The Balaban J connectivity index is 1.61. The lowest BCUT2D eigenvalue weighted by molar-refractivity contribution is 0.303. The van der Waals surface area contributed by atoms with E-state index in [2.05, 4.69) is 15.0 Å². The predicted molar refractivity (Wildman–Crippen MR) is 97.0 cm³/mol. The molecule has 0 spiro atoms. The molecule has 25 heavy (non-hydrogen) atoms. The van der Waals surface area contributed by atoms with Crippen molar-refractivity contribution in [3.8, 4) is 11.9 Å². The van der Waals surface area contributed by atoms with Crippen molar-refractivity contribution in [2.75, 3.05) is 18.1 Å². The summed E-state index contributed by atoms with van der Waals surface area (Å²) in [4.78, 5) is 13.5. The quantitative estimate of drug-likeness (QED) is 0.248. The summed E-state index contributed by atoms with van der Waals surface area (Å²) in [5, 5.41) is 9.22. The molecule has 0 aliphatic heterocycles. The van der Waals surface area contributed by atoms with Crippen LogP contribution in [0.25, 0.3) is 0 Å². The summed E-state index contributed by atoms with van der Waals surface area (Å²) in [7, 11) is 0. The first-order valence-corrected chi connectivity index (χ1v) is 8.24. The molecular formula is C18H22N6O. The van der Waals surface area contributed by atoms with E-state index >= 15 is 0 Å². The number of nitrogens with two attached hydrogens (primary N) is 1. The summed E-state index contributed by atoms with van der Waals surface area (Å²) in [6, 6.07) is 7.18. The molecule has 2 aromatic heterocycles. The van der Waals surface area contributed by atoms with Gasteiger partial charge in [0.05, 0.1) is 18.5 Å². The number of unbranched alkanes of at least 4 members (excludes halogenated alkanes) is 3. The maximum atomic E-state index is 9.22. The van der Waals surface area contributed by atoms with Gasteiger partial charge in [-0.2, -0.15) is 5.26 Å². The van der Waals surface area contributed by atoms with Crippen molar-refractivity contribution in [1.82, 2.24) is 9.97 Å². The van der Waals surface area contributed by atoms with Gasteiger partial charge in [0.1, 0.15) is 5.75 Å². The monoisotopic (exact) mass is 338 g/mol. The van der Waals surface area contributed by atoms with Crippen molar-refractivity contribution in [2.24, 2.45) is 10.7 Å². The smallest absolute Gasteiger partial charge is 0.209 e. The van der Waals surface area contributed by atoms with Crippen molar-refractivity contribution in [1.29, 1.82) is 5.26 Å². The van der Waals surface area contributed by atoms with Crippen LogP contribution >= 0.6 is 0 Å². The average Bonchev–Trinajstić information content (AvgIpc) is 2.66. The zero-order valence-corrected chi connectivity index (χ0v) is 14.1. The number of anilines is 1. The van der Waals surface area contributed by atoms with Gasteiger partial charge in [-0.15, -0.1) is 0 Å². The fraction of sp³-hybridized carbons (Fsp3) is 0.333. The van der Waals surface area contributed by atoms with E-state index in [0.29, 0.717) is 18.8 Å². The van der Waals surface area contributed by atoms with Crippen molar-refractivity contribution in [3.63, 3.8) is 0 Å². The Labute approximate surface area is 147 Å². The molecule has 0 aromatic carbocycles. The van der Waals surface area contributed by atoms with Crippen LogP contribution in [0.1, 0.15) is 25.7 Å². The van der Waals surface area contributed by atoms with Crippen LogP contribution in [-0.4, -0.2) is 29.1 Å². The molecule has 0 aliphatic rings. The number of guanidine groups is 1. The summed E-state index contributed by atoms with van der Waals surface area (Å²) in [6.07, 6.45) is 12.7. The number of aromatic nitrogens is 2. The molecule has 130 valence electrons. The zero-order valence-electron chi connectivity index (χ0n) is 14.1. The lowest BCUT2D eigenvalue weighted by atomic mass is 10.2. The minimum Gasteiger partial charge on any atom is -0.492 e. The van der Waals surface area contributed by atoms with Gasteiger partial charge in [-0.1, -0.05) is 6.42 Å². The molecule has 0 saturated carbocycles. The summed E-state index contributed by atoms with van der Waals surface area (Å²) in [5.41, 5.74) is 6.55. The lowest BCUT2D eigenvalue weighted by Gasteiger charge is -2.13. The lowest BCUT2D eigenvalue weighted by Crippen LogP contribution is -2.33. The molecule has 2 heterocycles. The summed E-state index contributed by atoms with van der Waals surface area (Å²) < 4.78 is 5.59. The second-order valence-corrected chi connectivity index (χ2v) is 5.33. The average molecular weight is 338 g/mol. The Kier molecular flexibility index (Phi) is 7.72. The second-order valence-electron chi connectivity index (χ2n) is 5.33. The molecular weight excluding hydrogens is 316 g/mol. The SMILES string of the molecule is N#CN(C(N)=NCCCCCCOc1cccnc1)c1ccncc1. The first-order valence-electron chi connectivity index (χ1n) is 8.24. The highest BCUT2D eigenvalue weighted by atomic mass is 16.5. The number of aliphatic imine (C=N–C) groups is 1. The van der Waals surface area contributed by atoms with Gasteiger partial charge in [-0.3, -0.25) is 15.0 Å². The van der Waals surface area contributed by atoms with Crippen LogP contribution in [0.4, 0.5) is 5.69 Å². The number of hydrogen-bond donors (Lipinski definition) is 1. The first-order chi connectivity index (χ1) is 12.3. The topological polar surface area (TPSA) is 100 Å². The molecule has 0 fully saturated rings. The van der Waals surface area contributed by atoms with Gasteiger partial charge < -0.3 is 10.5 Å². The molecule has 0 amide bonds. The molecule has 2 rings (SSSR count). The highest BCUT2D eigenvalue weighted by Crippen LogP contribution is 2.11. The fourth-order valence-electron chi connectivity index (χ4n) is 2.19. The van der Waals surface area contributed by atoms with E-state index in [0.717, 1.165) is 31.4 Å². The maximum Gasteiger partial charge on any atom is 0.209 e. The standard InChI is InChI=1S/C18H22N6O/c19-15-24(16-7-11-21-12-8-16)18(20)23-10-3-1-2-4-13-25-17-6-5-9-22-14-17/h5-9,11-12,14H,1-4,10,13H2,(H2,20,23). The number of nitrogens with zero attached hydrogens (tertiary/aromatic N) is 5. The van der Waals surface area contributed by atoms with Crippen molar-refractivity contribution >= 4 is 11.6 Å². The third kappa shape index (κ3) is 6.47. The minimum absolute atomic E-state index is 0.202. The van der Waals surface area contributed by atoms with Crippen LogP contribution in [0, 0.1) is 11.5 Å². The number of nitriles is 1. The molecule has 2 N–H and O–H groups in total. The minimum atomic E-state index is 0.202. The van der Waals surface area contributed by atoms with E-state index < -0.39 is 0 Å². The van der Waals surface area contributed by atoms with Gasteiger partial charge in [0.15, 0.2) is 6.19 Å². The Morgan fingerprint density at radius 1 is 1.12 bits per heavy atom. The highest BCUT2D eigenvalue weighted by molar-refractivity contribution is 5.97. The van der Waals surface area contributed by atoms with Crippen LogP contribution in [0.5, 0.6) is 5.75 Å². The van der Waals surface area contributed by atoms with Crippen molar-refractivity contribution in [3.05, 3.63) is 49.1 Å². The van der Waals surface area contributed by atoms with Crippen LogP contribution in [-0.2, 0) is 0 Å². The molecule has 0 aliphatic carbocycles. The molecule has 7 nitrogen and oxygen atoms in total. The van der Waals surface area contributed by atoms with Crippen LogP contribution in [0.3, 0.4) is 0 Å². The van der Waals surface area contributed by atoms with E-state index in [1.807, 2.05) is 18.3 Å². The van der Waals surface area contributed by atoms with E-state index in [-0.39, 0.29) is 5.96 Å². The number of rotatable bonds is 9. The largest absolute Gasteiger partial charge is 0.492 e. The van der Waals surface area contributed by atoms with Gasteiger partial charge in [0.25, 0.3) is 0 Å². The number of hydrogen-bond acceptors (Lipinski definition) is 5. The van der Waals surface area contributed by atoms with Crippen molar-refractivity contribution in [2.45, 2.75) is 25.7 Å². The highest BCUT2D eigenvalue weighted by Gasteiger charge is 2.08. The molecule has 7 heteroatoms. The van der Waals surface area contributed by atoms with E-state index in [4.69, 9.17) is 10.5 Å². The molecule has 2 aromatic rings. The molecule has 0 atom stereocenters. The second kappa shape index (κ2) is 10.6. The zero-order chi connectivity index (χ0) is 17.7. The fourth-order valence-corrected chi connectivity index (χ4v) is 2.19. The Morgan fingerprint density at radius 3 is 2.64 bits per heavy atom. The van der Waals surface area contributed by atoms with E-state index in [9.17, 15) is 5.26 Å². The normalized spacial score (nSPS) is 10.9. The van der Waals surface area contributed by atoms with E-state index in [1.54, 1.807) is 36.9 Å². The molecule has 0 unspecified atom stereocenters. The summed E-state index contributed by atoms with van der Waals surface area (Å²) in [5.74, 6) is 1.00. The Hall–Kier alpha value is -3.14. The Morgan fingerprint density at radius 2 is 1.92 bits per heavy atom. The Bertz CT molecular complexity index is 684. The van der Waals surface area contributed by atoms with Gasteiger partial charge >= 0.3 is 0 Å². The summed E-state index contributed by atoms with van der Waals surface area (Å²) >= 11 is 0. The molecule has 0 saturated heterocycles. The van der Waals surface area contributed by atoms with Crippen LogP contribution in [0.2, 0.25) is 0 Å². The van der Waals surface area contributed by atoms with Gasteiger partial charge in [0.2, 0.25) is 5.96 Å². The third-order valence-corrected chi connectivity index (χ3v) is 3.48. The first kappa shape index (κ1) is 18.2. The molecule has 0 bridgehead atoms. The third-order valence-electron chi connectivity index (χ3n) is 3.48. The van der Waals surface area contributed by atoms with Crippen molar-refractivity contribution < 1.29 is 4.74 Å².